The molecule has 142 valence electrons. The van der Waals surface area contributed by atoms with Gasteiger partial charge >= 0.3 is 11.8 Å². The summed E-state index contributed by atoms with van der Waals surface area (Å²) in [5, 5.41) is 5.12. The second-order valence-corrected chi connectivity index (χ2v) is 6.12. The lowest BCUT2D eigenvalue weighted by molar-refractivity contribution is -0.136. The van der Waals surface area contributed by atoms with Crippen LogP contribution in [0.1, 0.15) is 11.6 Å². The average molecular weight is 372 g/mol. The minimum Gasteiger partial charge on any atom is -0.379 e. The second-order valence-electron chi connectivity index (χ2n) is 6.12. The lowest BCUT2D eigenvalue weighted by Crippen LogP contribution is -2.45. The van der Waals surface area contributed by atoms with E-state index < -0.39 is 17.6 Å². The number of amides is 2. The van der Waals surface area contributed by atoms with Crippen molar-refractivity contribution in [3.8, 4) is 0 Å². The summed E-state index contributed by atoms with van der Waals surface area (Å²) in [4.78, 5) is 30.6. The van der Waals surface area contributed by atoms with Crippen LogP contribution < -0.4 is 10.6 Å². The third kappa shape index (κ3) is 5.32. The van der Waals surface area contributed by atoms with Gasteiger partial charge in [0.15, 0.2) is 0 Å². The number of halogens is 1. The Morgan fingerprint density at radius 2 is 1.89 bits per heavy atom. The van der Waals surface area contributed by atoms with Crippen LogP contribution in [0.15, 0.2) is 48.8 Å². The molecular formula is C19H21FN4O3. The Hall–Kier alpha value is -2.84. The Labute approximate surface area is 156 Å². The Morgan fingerprint density at radius 3 is 2.56 bits per heavy atom. The maximum atomic E-state index is 12.9. The van der Waals surface area contributed by atoms with Gasteiger partial charge in [-0.15, -0.1) is 0 Å². The Morgan fingerprint density at radius 1 is 1.15 bits per heavy atom. The molecule has 1 aliphatic heterocycles. The monoisotopic (exact) mass is 372 g/mol. The number of carbonyl (C=O) groups is 2. The van der Waals surface area contributed by atoms with Crippen molar-refractivity contribution in [2.75, 3.05) is 38.2 Å². The van der Waals surface area contributed by atoms with Crippen molar-refractivity contribution in [3.63, 3.8) is 0 Å². The molecule has 0 saturated carbocycles. The number of nitrogens with one attached hydrogen (secondary N) is 2. The summed E-state index contributed by atoms with van der Waals surface area (Å²) in [5.74, 6) is -1.96. The van der Waals surface area contributed by atoms with E-state index in [9.17, 15) is 14.0 Å². The number of rotatable bonds is 5. The fourth-order valence-corrected chi connectivity index (χ4v) is 2.91. The first-order valence-electron chi connectivity index (χ1n) is 8.70. The standard InChI is InChI=1S/C19H21FN4O3/c20-15-3-5-16(6-4-15)23-19(26)18(25)22-13-17(14-2-1-7-21-12-14)24-8-10-27-11-9-24/h1-7,12,17H,8-11,13H2,(H,22,25)(H,23,26)/t17-/m1/s1. The van der Waals surface area contributed by atoms with Gasteiger partial charge in [-0.2, -0.15) is 0 Å². The maximum Gasteiger partial charge on any atom is 0.313 e. The number of benzene rings is 1. The molecule has 2 aromatic rings. The van der Waals surface area contributed by atoms with Crippen molar-refractivity contribution in [1.82, 2.24) is 15.2 Å². The summed E-state index contributed by atoms with van der Waals surface area (Å²) in [6, 6.07) is 8.89. The van der Waals surface area contributed by atoms with Crippen LogP contribution in [-0.4, -0.2) is 54.5 Å². The molecule has 0 spiro atoms. The molecule has 7 nitrogen and oxygen atoms in total. The van der Waals surface area contributed by atoms with Crippen LogP contribution in [0.25, 0.3) is 0 Å². The van der Waals surface area contributed by atoms with Gasteiger partial charge in [0.05, 0.1) is 19.3 Å². The molecule has 3 rings (SSSR count). The van der Waals surface area contributed by atoms with Crippen molar-refractivity contribution >= 4 is 17.5 Å². The van der Waals surface area contributed by atoms with E-state index in [1.54, 1.807) is 12.4 Å². The zero-order valence-corrected chi connectivity index (χ0v) is 14.7. The molecular weight excluding hydrogens is 351 g/mol. The van der Waals surface area contributed by atoms with Crippen molar-refractivity contribution in [3.05, 3.63) is 60.2 Å². The summed E-state index contributed by atoms with van der Waals surface area (Å²) in [6.07, 6.45) is 3.44. The number of anilines is 1. The van der Waals surface area contributed by atoms with Crippen molar-refractivity contribution in [2.24, 2.45) is 0 Å². The summed E-state index contributed by atoms with van der Waals surface area (Å²) < 4.78 is 18.3. The molecule has 2 heterocycles. The highest BCUT2D eigenvalue weighted by molar-refractivity contribution is 6.39. The first kappa shape index (κ1) is 18.9. The zero-order chi connectivity index (χ0) is 19.1. The zero-order valence-electron chi connectivity index (χ0n) is 14.7. The molecule has 1 aromatic heterocycles. The highest BCUT2D eigenvalue weighted by atomic mass is 19.1. The molecule has 1 fully saturated rings. The third-order valence-electron chi connectivity index (χ3n) is 4.32. The van der Waals surface area contributed by atoms with Crippen LogP contribution in [0, 0.1) is 5.82 Å². The summed E-state index contributed by atoms with van der Waals surface area (Å²) in [6.45, 7) is 2.97. The van der Waals surface area contributed by atoms with E-state index >= 15 is 0 Å². The van der Waals surface area contributed by atoms with Gasteiger partial charge in [-0.3, -0.25) is 19.5 Å². The second kappa shape index (κ2) is 9.20. The summed E-state index contributed by atoms with van der Waals surface area (Å²) in [5.41, 5.74) is 1.31. The minimum atomic E-state index is -0.798. The quantitative estimate of drug-likeness (QED) is 0.774. The van der Waals surface area contributed by atoms with Crippen LogP contribution in [0.3, 0.4) is 0 Å². The van der Waals surface area contributed by atoms with Crippen molar-refractivity contribution in [1.29, 1.82) is 0 Å². The van der Waals surface area contributed by atoms with E-state index in [0.717, 1.165) is 18.7 Å². The van der Waals surface area contributed by atoms with E-state index in [1.807, 2.05) is 12.1 Å². The molecule has 0 aliphatic carbocycles. The highest BCUT2D eigenvalue weighted by Gasteiger charge is 2.24. The number of morpholine rings is 1. The molecule has 8 heteroatoms. The summed E-state index contributed by atoms with van der Waals surface area (Å²) >= 11 is 0. The number of carbonyl (C=O) groups excluding carboxylic acids is 2. The number of hydrogen-bond acceptors (Lipinski definition) is 5. The van der Waals surface area contributed by atoms with Gasteiger partial charge in [0.25, 0.3) is 0 Å². The van der Waals surface area contributed by atoms with Gasteiger partial charge in [-0.25, -0.2) is 4.39 Å². The first-order chi connectivity index (χ1) is 13.1. The Kier molecular flexibility index (Phi) is 6.45. The van der Waals surface area contributed by atoms with E-state index in [2.05, 4.69) is 20.5 Å². The number of nitrogens with zero attached hydrogens (tertiary/aromatic N) is 2. The molecule has 0 radical (unpaired) electrons. The molecule has 1 aliphatic rings. The molecule has 1 aromatic carbocycles. The highest BCUT2D eigenvalue weighted by Crippen LogP contribution is 2.20. The van der Waals surface area contributed by atoms with Crippen LogP contribution in [0.4, 0.5) is 10.1 Å². The van der Waals surface area contributed by atoms with Gasteiger partial charge in [-0.1, -0.05) is 6.07 Å². The number of hydrogen-bond donors (Lipinski definition) is 2. The largest absolute Gasteiger partial charge is 0.379 e. The van der Waals surface area contributed by atoms with E-state index in [4.69, 9.17) is 4.74 Å². The van der Waals surface area contributed by atoms with Crippen molar-refractivity contribution in [2.45, 2.75) is 6.04 Å². The van der Waals surface area contributed by atoms with Gasteiger partial charge < -0.3 is 15.4 Å². The number of pyridine rings is 1. The van der Waals surface area contributed by atoms with Gasteiger partial charge in [-0.05, 0) is 35.9 Å². The first-order valence-corrected chi connectivity index (χ1v) is 8.70. The number of ether oxygens (including phenoxy) is 1. The molecule has 0 bridgehead atoms. The van der Waals surface area contributed by atoms with Crippen LogP contribution >= 0.6 is 0 Å². The maximum absolute atomic E-state index is 12.9. The van der Waals surface area contributed by atoms with Gasteiger partial charge in [0.1, 0.15) is 5.82 Å². The normalized spacial score (nSPS) is 15.7. The molecule has 2 amide bonds. The lowest BCUT2D eigenvalue weighted by atomic mass is 10.1. The van der Waals surface area contributed by atoms with E-state index in [1.165, 1.54) is 24.3 Å². The Balaban J connectivity index is 1.61. The minimum absolute atomic E-state index is 0.106. The molecule has 0 unspecified atom stereocenters. The predicted octanol–water partition coefficient (Wildman–Crippen LogP) is 1.35. The molecule has 27 heavy (non-hydrogen) atoms. The summed E-state index contributed by atoms with van der Waals surface area (Å²) in [7, 11) is 0. The fraction of sp³-hybridized carbons (Fsp3) is 0.316. The van der Waals surface area contributed by atoms with E-state index in [0.29, 0.717) is 18.9 Å². The van der Waals surface area contributed by atoms with Crippen LogP contribution in [-0.2, 0) is 14.3 Å². The van der Waals surface area contributed by atoms with Gasteiger partial charge in [0.2, 0.25) is 0 Å². The van der Waals surface area contributed by atoms with Crippen molar-refractivity contribution < 1.29 is 18.7 Å². The van der Waals surface area contributed by atoms with Gasteiger partial charge in [0, 0.05) is 37.7 Å². The Bertz CT molecular complexity index is 764. The topological polar surface area (TPSA) is 83.6 Å². The fourth-order valence-electron chi connectivity index (χ4n) is 2.91. The SMILES string of the molecule is O=C(NC[C@H](c1cccnc1)N1CCOCC1)C(=O)Nc1ccc(F)cc1. The smallest absolute Gasteiger partial charge is 0.313 e. The molecule has 2 N–H and O–H groups in total. The van der Waals surface area contributed by atoms with Crippen LogP contribution in [0.5, 0.6) is 0 Å². The van der Waals surface area contributed by atoms with E-state index in [-0.39, 0.29) is 12.6 Å². The van der Waals surface area contributed by atoms with Crippen LogP contribution in [0.2, 0.25) is 0 Å². The average Bonchev–Trinajstić information content (AvgIpc) is 2.71. The lowest BCUT2D eigenvalue weighted by Gasteiger charge is -2.34. The molecule has 1 atom stereocenters. The predicted molar refractivity (Wildman–Crippen MR) is 97.4 cm³/mol. The number of aromatic nitrogens is 1. The molecule has 1 saturated heterocycles. The third-order valence-corrected chi connectivity index (χ3v) is 4.32.